The van der Waals surface area contributed by atoms with Gasteiger partial charge in [0.25, 0.3) is 0 Å². The van der Waals surface area contributed by atoms with E-state index in [9.17, 15) is 4.79 Å². The molecule has 1 amide bonds. The van der Waals surface area contributed by atoms with Crippen LogP contribution in [0.15, 0.2) is 36.5 Å². The molecule has 0 aliphatic carbocycles. The lowest BCUT2D eigenvalue weighted by Gasteiger charge is -2.14. The Morgan fingerprint density at radius 2 is 2.11 bits per heavy atom. The van der Waals surface area contributed by atoms with Gasteiger partial charge in [-0.25, -0.2) is 0 Å². The Labute approximate surface area is 113 Å². The molecule has 3 rings (SSSR count). The molecule has 0 radical (unpaired) electrons. The number of nitrogens with zero attached hydrogens (tertiary/aromatic N) is 1. The number of para-hydroxylation sites is 1. The first-order valence-electron chi connectivity index (χ1n) is 6.95. The Kier molecular flexibility index (Phi) is 3.45. The lowest BCUT2D eigenvalue weighted by Crippen LogP contribution is -2.30. The summed E-state index contributed by atoms with van der Waals surface area (Å²) in [5.41, 5.74) is 2.21. The van der Waals surface area contributed by atoms with Crippen LogP contribution >= 0.6 is 0 Å². The van der Waals surface area contributed by atoms with Crippen LogP contribution in [-0.4, -0.2) is 17.4 Å². The Morgan fingerprint density at radius 1 is 1.21 bits per heavy atom. The maximum Gasteiger partial charge on any atom is 0.223 e. The van der Waals surface area contributed by atoms with Crippen LogP contribution < -0.4 is 5.32 Å². The number of carbonyl (C=O) groups excluding carboxylic acids is 1. The molecule has 1 saturated heterocycles. The van der Waals surface area contributed by atoms with Gasteiger partial charge in [0, 0.05) is 24.0 Å². The van der Waals surface area contributed by atoms with Crippen molar-refractivity contribution in [3.63, 3.8) is 0 Å². The minimum Gasteiger partial charge on any atom is -0.356 e. The fraction of sp³-hybridized carbons (Fsp3) is 0.375. The second-order valence-electron chi connectivity index (χ2n) is 5.18. The molecule has 1 N–H and O–H groups in total. The standard InChI is InChI=1S/C16H18N2O/c19-16-14(5-1-2-9-18-16)11-13-7-3-6-12-8-4-10-17-15(12)13/h3-4,6-8,10,14H,1-2,5,9,11H2,(H,18,19). The third kappa shape index (κ3) is 2.60. The van der Waals surface area contributed by atoms with Gasteiger partial charge in [0.05, 0.1) is 5.52 Å². The van der Waals surface area contributed by atoms with Gasteiger partial charge in [0.1, 0.15) is 0 Å². The van der Waals surface area contributed by atoms with E-state index in [1.54, 1.807) is 0 Å². The average Bonchev–Trinajstić information content (AvgIpc) is 2.65. The van der Waals surface area contributed by atoms with Gasteiger partial charge in [-0.3, -0.25) is 9.78 Å². The number of rotatable bonds is 2. The van der Waals surface area contributed by atoms with Gasteiger partial charge >= 0.3 is 0 Å². The molecule has 3 heteroatoms. The summed E-state index contributed by atoms with van der Waals surface area (Å²) < 4.78 is 0. The third-order valence-electron chi connectivity index (χ3n) is 3.83. The number of fused-ring (bicyclic) bond motifs is 1. The van der Waals surface area contributed by atoms with Crippen molar-refractivity contribution in [2.45, 2.75) is 25.7 Å². The van der Waals surface area contributed by atoms with Crippen molar-refractivity contribution in [2.24, 2.45) is 5.92 Å². The summed E-state index contributed by atoms with van der Waals surface area (Å²) in [7, 11) is 0. The number of aromatic nitrogens is 1. The molecule has 0 spiro atoms. The van der Waals surface area contributed by atoms with Gasteiger partial charge in [0.15, 0.2) is 0 Å². The maximum atomic E-state index is 12.0. The minimum absolute atomic E-state index is 0.0927. The minimum atomic E-state index is 0.0927. The number of pyridine rings is 1. The van der Waals surface area contributed by atoms with E-state index in [1.807, 2.05) is 18.3 Å². The first kappa shape index (κ1) is 12.2. The van der Waals surface area contributed by atoms with Crippen LogP contribution in [0.5, 0.6) is 0 Å². The molecule has 3 nitrogen and oxygen atoms in total. The van der Waals surface area contributed by atoms with Crippen molar-refractivity contribution >= 4 is 16.8 Å². The van der Waals surface area contributed by atoms with Crippen LogP contribution in [0.2, 0.25) is 0 Å². The Balaban J connectivity index is 1.90. The third-order valence-corrected chi connectivity index (χ3v) is 3.83. The molecule has 2 heterocycles. The van der Waals surface area contributed by atoms with Crippen molar-refractivity contribution in [1.29, 1.82) is 0 Å². The molecule has 0 saturated carbocycles. The van der Waals surface area contributed by atoms with E-state index in [4.69, 9.17) is 0 Å². The highest BCUT2D eigenvalue weighted by atomic mass is 16.1. The highest BCUT2D eigenvalue weighted by Crippen LogP contribution is 2.22. The van der Waals surface area contributed by atoms with Gasteiger partial charge in [-0.2, -0.15) is 0 Å². The summed E-state index contributed by atoms with van der Waals surface area (Å²) in [6.45, 7) is 0.823. The molecule has 1 unspecified atom stereocenters. The first-order valence-corrected chi connectivity index (χ1v) is 6.95. The second kappa shape index (κ2) is 5.39. The van der Waals surface area contributed by atoms with Gasteiger partial charge < -0.3 is 5.32 Å². The maximum absolute atomic E-state index is 12.0. The topological polar surface area (TPSA) is 42.0 Å². The van der Waals surface area contributed by atoms with Crippen molar-refractivity contribution in [3.8, 4) is 0 Å². The van der Waals surface area contributed by atoms with Gasteiger partial charge in [-0.05, 0) is 30.9 Å². The quantitative estimate of drug-likeness (QED) is 0.895. The van der Waals surface area contributed by atoms with E-state index < -0.39 is 0 Å². The average molecular weight is 254 g/mol. The monoisotopic (exact) mass is 254 g/mol. The molecule has 1 aromatic carbocycles. The fourth-order valence-corrected chi connectivity index (χ4v) is 2.80. The molecule has 98 valence electrons. The molecule has 2 aromatic rings. The van der Waals surface area contributed by atoms with Crippen LogP contribution in [0.1, 0.15) is 24.8 Å². The molecule has 19 heavy (non-hydrogen) atoms. The predicted molar refractivity (Wildman–Crippen MR) is 75.8 cm³/mol. The predicted octanol–water partition coefficient (Wildman–Crippen LogP) is 2.69. The Hall–Kier alpha value is -1.90. The zero-order chi connectivity index (χ0) is 13.1. The summed E-state index contributed by atoms with van der Waals surface area (Å²) >= 11 is 0. The molecule has 1 aromatic heterocycles. The van der Waals surface area contributed by atoms with Crippen LogP contribution in [0.3, 0.4) is 0 Å². The normalized spacial score (nSPS) is 20.0. The number of nitrogens with one attached hydrogen (secondary N) is 1. The summed E-state index contributed by atoms with van der Waals surface area (Å²) in [4.78, 5) is 16.5. The lowest BCUT2D eigenvalue weighted by atomic mass is 9.93. The van der Waals surface area contributed by atoms with Crippen LogP contribution in [-0.2, 0) is 11.2 Å². The molecular formula is C16H18N2O. The zero-order valence-corrected chi connectivity index (χ0v) is 10.9. The molecule has 0 bridgehead atoms. The molecule has 1 aliphatic heterocycles. The van der Waals surface area contributed by atoms with E-state index in [0.29, 0.717) is 0 Å². The van der Waals surface area contributed by atoms with Gasteiger partial charge in [0.2, 0.25) is 5.91 Å². The number of benzene rings is 1. The van der Waals surface area contributed by atoms with Gasteiger partial charge in [-0.15, -0.1) is 0 Å². The number of hydrogen-bond acceptors (Lipinski definition) is 2. The van der Waals surface area contributed by atoms with Crippen LogP contribution in [0.25, 0.3) is 10.9 Å². The largest absolute Gasteiger partial charge is 0.356 e. The van der Waals surface area contributed by atoms with Crippen molar-refractivity contribution in [3.05, 3.63) is 42.1 Å². The summed E-state index contributed by atoms with van der Waals surface area (Å²) in [6, 6.07) is 10.2. The SMILES string of the molecule is O=C1NCCCCC1Cc1cccc2cccnc12. The van der Waals surface area contributed by atoms with Gasteiger partial charge in [-0.1, -0.05) is 30.7 Å². The summed E-state index contributed by atoms with van der Waals surface area (Å²) in [5, 5.41) is 4.15. The van der Waals surface area contributed by atoms with E-state index >= 15 is 0 Å². The molecule has 1 fully saturated rings. The van der Waals surface area contributed by atoms with Crippen LogP contribution in [0.4, 0.5) is 0 Å². The smallest absolute Gasteiger partial charge is 0.223 e. The summed E-state index contributed by atoms with van der Waals surface area (Å²) in [6.07, 6.45) is 5.81. The summed E-state index contributed by atoms with van der Waals surface area (Å²) in [5.74, 6) is 0.292. The number of hydrogen-bond donors (Lipinski definition) is 1. The first-order chi connectivity index (χ1) is 9.34. The van der Waals surface area contributed by atoms with E-state index in [0.717, 1.165) is 43.1 Å². The van der Waals surface area contributed by atoms with E-state index in [-0.39, 0.29) is 11.8 Å². The van der Waals surface area contributed by atoms with Crippen molar-refractivity contribution in [2.75, 3.05) is 6.54 Å². The van der Waals surface area contributed by atoms with Crippen LogP contribution in [0, 0.1) is 5.92 Å². The zero-order valence-electron chi connectivity index (χ0n) is 10.9. The van der Waals surface area contributed by atoms with Crippen molar-refractivity contribution < 1.29 is 4.79 Å². The fourth-order valence-electron chi connectivity index (χ4n) is 2.80. The number of carbonyl (C=O) groups is 1. The molecular weight excluding hydrogens is 236 g/mol. The second-order valence-corrected chi connectivity index (χ2v) is 5.18. The number of amides is 1. The van der Waals surface area contributed by atoms with E-state index in [2.05, 4.69) is 28.5 Å². The Bertz CT molecular complexity index is 589. The highest BCUT2D eigenvalue weighted by molar-refractivity contribution is 5.83. The molecule has 1 aliphatic rings. The molecule has 1 atom stereocenters. The van der Waals surface area contributed by atoms with Crippen molar-refractivity contribution in [1.82, 2.24) is 10.3 Å². The highest BCUT2D eigenvalue weighted by Gasteiger charge is 2.21. The van der Waals surface area contributed by atoms with E-state index in [1.165, 1.54) is 5.56 Å². The lowest BCUT2D eigenvalue weighted by molar-refractivity contribution is -0.124. The Morgan fingerprint density at radius 3 is 3.05 bits per heavy atom.